The summed E-state index contributed by atoms with van der Waals surface area (Å²) in [5.74, 6) is -0.968. The molecule has 0 aliphatic heterocycles. The monoisotopic (exact) mass is 616 g/mol. The number of anilines is 1. The van der Waals surface area contributed by atoms with Crippen LogP contribution in [0.2, 0.25) is 5.02 Å². The first-order valence-electron chi connectivity index (χ1n) is 13.1. The Kier molecular flexibility index (Phi) is 10.9. The molecule has 13 heteroatoms. The van der Waals surface area contributed by atoms with Crippen LogP contribution in [0.25, 0.3) is 0 Å². The molecule has 3 rings (SSSR count). The van der Waals surface area contributed by atoms with Crippen molar-refractivity contribution in [2.45, 2.75) is 38.1 Å². The predicted molar refractivity (Wildman–Crippen MR) is 160 cm³/mol. The summed E-state index contributed by atoms with van der Waals surface area (Å²) in [6.07, 6.45) is 0.410. The number of carbonyl (C=O) groups is 2. The van der Waals surface area contributed by atoms with Crippen molar-refractivity contribution in [1.29, 1.82) is 0 Å². The molecule has 0 heterocycles. The number of aryl methyl sites for hydroxylation is 1. The molecule has 0 aliphatic carbocycles. The molecule has 2 amide bonds. The molecule has 0 spiro atoms. The van der Waals surface area contributed by atoms with Gasteiger partial charge in [0.15, 0.2) is 0 Å². The third-order valence-corrected chi connectivity index (χ3v) is 8.65. The van der Waals surface area contributed by atoms with E-state index in [1.165, 1.54) is 49.3 Å². The van der Waals surface area contributed by atoms with Gasteiger partial charge in [0.2, 0.25) is 11.8 Å². The number of amides is 2. The minimum Gasteiger partial charge on any atom is -0.495 e. The number of methoxy groups -OCH3 is 1. The maximum atomic E-state index is 14.1. The Balaban J connectivity index is 2.11. The van der Waals surface area contributed by atoms with Crippen LogP contribution in [0.15, 0.2) is 71.6 Å². The SMILES string of the molecule is CCNC(=O)[C@H](C)N(CCc1ccccc1)C(=O)CN(c1cc(Cl)ccc1OC)S(=O)(=O)c1ccc(C)c([N+](=O)[O-])c1. The van der Waals surface area contributed by atoms with E-state index in [4.69, 9.17) is 16.3 Å². The van der Waals surface area contributed by atoms with Gasteiger partial charge >= 0.3 is 0 Å². The molecule has 11 nitrogen and oxygen atoms in total. The van der Waals surface area contributed by atoms with Gasteiger partial charge in [-0.1, -0.05) is 48.0 Å². The number of halogens is 1. The maximum Gasteiger partial charge on any atom is 0.273 e. The average molecular weight is 617 g/mol. The van der Waals surface area contributed by atoms with Crippen molar-refractivity contribution < 1.29 is 27.7 Å². The van der Waals surface area contributed by atoms with Crippen molar-refractivity contribution in [1.82, 2.24) is 10.2 Å². The zero-order valence-electron chi connectivity index (χ0n) is 23.7. The number of ether oxygens (including phenoxy) is 1. The molecular weight excluding hydrogens is 584 g/mol. The second kappa shape index (κ2) is 14.1. The number of nitrogens with one attached hydrogen (secondary N) is 1. The van der Waals surface area contributed by atoms with Crippen LogP contribution in [0, 0.1) is 17.0 Å². The van der Waals surface area contributed by atoms with Crippen LogP contribution < -0.4 is 14.4 Å². The number of sulfonamides is 1. The van der Waals surface area contributed by atoms with E-state index >= 15 is 0 Å². The summed E-state index contributed by atoms with van der Waals surface area (Å²) in [6, 6.07) is 16.2. The van der Waals surface area contributed by atoms with E-state index in [0.29, 0.717) is 13.0 Å². The first-order chi connectivity index (χ1) is 19.9. The highest BCUT2D eigenvalue weighted by Crippen LogP contribution is 2.36. The lowest BCUT2D eigenvalue weighted by Crippen LogP contribution is -2.52. The van der Waals surface area contributed by atoms with Crippen LogP contribution in [-0.2, 0) is 26.0 Å². The van der Waals surface area contributed by atoms with E-state index in [0.717, 1.165) is 15.9 Å². The molecule has 1 atom stereocenters. The second-order valence-corrected chi connectivity index (χ2v) is 11.7. The molecule has 0 aromatic heterocycles. The fraction of sp³-hybridized carbons (Fsp3) is 0.310. The molecule has 3 aromatic carbocycles. The number of carbonyl (C=O) groups excluding carboxylic acids is 2. The van der Waals surface area contributed by atoms with E-state index < -0.39 is 49.9 Å². The molecule has 0 bridgehead atoms. The summed E-state index contributed by atoms with van der Waals surface area (Å²) in [5, 5.41) is 14.5. The van der Waals surface area contributed by atoms with Crippen LogP contribution in [0.5, 0.6) is 5.75 Å². The van der Waals surface area contributed by atoms with Crippen molar-refractivity contribution in [3.05, 3.63) is 93.0 Å². The highest BCUT2D eigenvalue weighted by Gasteiger charge is 2.34. The minimum atomic E-state index is -4.59. The Morgan fingerprint density at radius 2 is 1.79 bits per heavy atom. The summed E-state index contributed by atoms with van der Waals surface area (Å²) in [5.41, 5.74) is 0.751. The lowest BCUT2D eigenvalue weighted by molar-refractivity contribution is -0.385. The van der Waals surface area contributed by atoms with Gasteiger partial charge in [-0.25, -0.2) is 8.42 Å². The highest BCUT2D eigenvalue weighted by atomic mass is 35.5. The number of benzene rings is 3. The topological polar surface area (TPSA) is 139 Å². The first kappa shape index (κ1) is 32.4. The third kappa shape index (κ3) is 7.56. The fourth-order valence-electron chi connectivity index (χ4n) is 4.34. The van der Waals surface area contributed by atoms with Crippen LogP contribution in [0.4, 0.5) is 11.4 Å². The van der Waals surface area contributed by atoms with Crippen molar-refractivity contribution in [2.24, 2.45) is 0 Å². The predicted octanol–water partition coefficient (Wildman–Crippen LogP) is 4.36. The lowest BCUT2D eigenvalue weighted by Gasteiger charge is -2.32. The van der Waals surface area contributed by atoms with E-state index in [1.54, 1.807) is 13.8 Å². The van der Waals surface area contributed by atoms with Crippen molar-refractivity contribution in [3.63, 3.8) is 0 Å². The van der Waals surface area contributed by atoms with Crippen LogP contribution in [0.1, 0.15) is 25.0 Å². The van der Waals surface area contributed by atoms with Crippen LogP contribution >= 0.6 is 11.6 Å². The quantitative estimate of drug-likeness (QED) is 0.222. The van der Waals surface area contributed by atoms with Crippen molar-refractivity contribution in [2.75, 3.05) is 31.0 Å². The first-order valence-corrected chi connectivity index (χ1v) is 14.9. The summed E-state index contributed by atoms with van der Waals surface area (Å²) in [6.45, 7) is 4.54. The highest BCUT2D eigenvalue weighted by molar-refractivity contribution is 7.92. The minimum absolute atomic E-state index is 0.0461. The van der Waals surface area contributed by atoms with Gasteiger partial charge in [0, 0.05) is 29.7 Å². The number of rotatable bonds is 13. The molecule has 1 N–H and O–H groups in total. The van der Waals surface area contributed by atoms with Crippen molar-refractivity contribution >= 4 is 44.8 Å². The Morgan fingerprint density at radius 1 is 1.10 bits per heavy atom. The molecule has 0 saturated heterocycles. The molecule has 0 aliphatic rings. The van der Waals surface area contributed by atoms with Gasteiger partial charge in [0.05, 0.1) is 22.6 Å². The van der Waals surface area contributed by atoms with Gasteiger partial charge in [-0.3, -0.25) is 24.0 Å². The molecule has 224 valence electrons. The molecule has 42 heavy (non-hydrogen) atoms. The average Bonchev–Trinajstić information content (AvgIpc) is 2.96. The number of nitro groups is 1. The third-order valence-electron chi connectivity index (χ3n) is 6.66. The largest absolute Gasteiger partial charge is 0.495 e. The fourth-order valence-corrected chi connectivity index (χ4v) is 5.94. The van der Waals surface area contributed by atoms with Gasteiger partial charge in [-0.05, 0) is 57.0 Å². The lowest BCUT2D eigenvalue weighted by atomic mass is 10.1. The number of nitrogens with zero attached hydrogens (tertiary/aromatic N) is 3. The van der Waals surface area contributed by atoms with Crippen molar-refractivity contribution in [3.8, 4) is 5.75 Å². The Morgan fingerprint density at radius 3 is 2.40 bits per heavy atom. The maximum absolute atomic E-state index is 14.1. The summed E-state index contributed by atoms with van der Waals surface area (Å²) < 4.78 is 34.4. The summed E-state index contributed by atoms with van der Waals surface area (Å²) in [4.78, 5) is 38.6. The zero-order valence-corrected chi connectivity index (χ0v) is 25.3. The van der Waals surface area contributed by atoms with Gasteiger partial charge in [0.1, 0.15) is 18.3 Å². The van der Waals surface area contributed by atoms with Crippen LogP contribution in [0.3, 0.4) is 0 Å². The molecule has 0 fully saturated rings. The molecule has 0 saturated carbocycles. The van der Waals surface area contributed by atoms with E-state index in [2.05, 4.69) is 5.32 Å². The second-order valence-electron chi connectivity index (χ2n) is 9.43. The van der Waals surface area contributed by atoms with Gasteiger partial charge < -0.3 is 15.0 Å². The van der Waals surface area contributed by atoms with Crippen LogP contribution in [-0.4, -0.2) is 62.8 Å². The standard InChI is InChI=1S/C29H33ClN4O7S/c1-5-31-29(36)21(3)32(16-15-22-9-7-6-8-10-22)28(35)19-33(26-17-23(30)12-14-27(26)41-4)42(39,40)24-13-11-20(2)25(18-24)34(37)38/h6-14,17-18,21H,5,15-16,19H2,1-4H3,(H,31,36)/t21-/m0/s1. The summed E-state index contributed by atoms with van der Waals surface area (Å²) in [7, 11) is -3.25. The number of likely N-dealkylation sites (N-methyl/N-ethyl adjacent to an activating group) is 1. The zero-order chi connectivity index (χ0) is 31.0. The number of hydrogen-bond acceptors (Lipinski definition) is 7. The summed E-state index contributed by atoms with van der Waals surface area (Å²) >= 11 is 6.23. The molecule has 3 aromatic rings. The Labute approximate surface area is 250 Å². The van der Waals surface area contributed by atoms with E-state index in [9.17, 15) is 28.1 Å². The molecule has 0 unspecified atom stereocenters. The van der Waals surface area contributed by atoms with Gasteiger partial charge in [0.25, 0.3) is 15.7 Å². The Hall–Kier alpha value is -4.16. The number of hydrogen-bond donors (Lipinski definition) is 1. The van der Waals surface area contributed by atoms with Gasteiger partial charge in [-0.2, -0.15) is 0 Å². The Bertz CT molecular complexity index is 1550. The van der Waals surface area contributed by atoms with E-state index in [1.807, 2.05) is 30.3 Å². The smallest absolute Gasteiger partial charge is 0.273 e. The normalized spacial score (nSPS) is 11.8. The molecular formula is C29H33ClN4O7S. The number of nitro benzene ring substituents is 1. The molecule has 0 radical (unpaired) electrons. The van der Waals surface area contributed by atoms with Gasteiger partial charge in [-0.15, -0.1) is 0 Å². The van der Waals surface area contributed by atoms with E-state index in [-0.39, 0.29) is 28.6 Å².